The second kappa shape index (κ2) is 7.20. The first-order valence-corrected chi connectivity index (χ1v) is 10.1. The zero-order valence-electron chi connectivity index (χ0n) is 15.7. The highest BCUT2D eigenvalue weighted by Crippen LogP contribution is 2.23. The summed E-state index contributed by atoms with van der Waals surface area (Å²) in [6.45, 7) is 5.97. The molecule has 0 atom stereocenters. The fourth-order valence-electron chi connectivity index (χ4n) is 2.93. The molecule has 0 aliphatic carbocycles. The lowest BCUT2D eigenvalue weighted by Gasteiger charge is -2.34. The Hall–Kier alpha value is -2.19. The monoisotopic (exact) mass is 375 g/mol. The van der Waals surface area contributed by atoms with E-state index in [0.29, 0.717) is 31.1 Å². The van der Waals surface area contributed by atoms with E-state index in [1.807, 2.05) is 45.0 Å². The standard InChI is InChI=1S/C18H25N5O2S/c1-14-5-6-17(11-15(14)2)26(24,25)23-9-7-22(8-10-23)18-12-16(21(3)4)13-19-20-18/h5-6,11-13H,7-10H2,1-4H3. The molecule has 1 aliphatic heterocycles. The van der Waals surface area contributed by atoms with E-state index < -0.39 is 10.0 Å². The summed E-state index contributed by atoms with van der Waals surface area (Å²) in [5.41, 5.74) is 3.05. The van der Waals surface area contributed by atoms with Gasteiger partial charge in [0.2, 0.25) is 10.0 Å². The third-order valence-electron chi connectivity index (χ3n) is 4.82. The van der Waals surface area contributed by atoms with Gasteiger partial charge >= 0.3 is 0 Å². The first-order valence-electron chi connectivity index (χ1n) is 8.61. The van der Waals surface area contributed by atoms with Gasteiger partial charge in [0.05, 0.1) is 16.8 Å². The van der Waals surface area contributed by atoms with Crippen molar-refractivity contribution in [3.63, 3.8) is 0 Å². The Kier molecular flexibility index (Phi) is 5.15. The highest BCUT2D eigenvalue weighted by molar-refractivity contribution is 7.89. The summed E-state index contributed by atoms with van der Waals surface area (Å²) in [5.74, 6) is 0.777. The third kappa shape index (κ3) is 3.66. The van der Waals surface area contributed by atoms with Crippen LogP contribution in [-0.2, 0) is 10.0 Å². The summed E-state index contributed by atoms with van der Waals surface area (Å²) in [4.78, 5) is 4.41. The lowest BCUT2D eigenvalue weighted by Crippen LogP contribution is -2.49. The molecule has 7 nitrogen and oxygen atoms in total. The third-order valence-corrected chi connectivity index (χ3v) is 6.72. The van der Waals surface area contributed by atoms with Crippen molar-refractivity contribution in [1.29, 1.82) is 0 Å². The smallest absolute Gasteiger partial charge is 0.243 e. The highest BCUT2D eigenvalue weighted by Gasteiger charge is 2.29. The van der Waals surface area contributed by atoms with Crippen LogP contribution in [0.15, 0.2) is 35.4 Å². The molecule has 26 heavy (non-hydrogen) atoms. The Balaban J connectivity index is 1.73. The Morgan fingerprint density at radius 2 is 1.69 bits per heavy atom. The fourth-order valence-corrected chi connectivity index (χ4v) is 4.43. The van der Waals surface area contributed by atoms with Crippen LogP contribution >= 0.6 is 0 Å². The molecule has 1 fully saturated rings. The summed E-state index contributed by atoms with van der Waals surface area (Å²) in [6.07, 6.45) is 1.71. The van der Waals surface area contributed by atoms with E-state index in [-0.39, 0.29) is 0 Å². The number of rotatable bonds is 4. The van der Waals surface area contributed by atoms with Crippen molar-refractivity contribution >= 4 is 21.5 Å². The largest absolute Gasteiger partial charge is 0.376 e. The van der Waals surface area contributed by atoms with E-state index in [4.69, 9.17) is 0 Å². The van der Waals surface area contributed by atoms with Gasteiger partial charge < -0.3 is 9.80 Å². The van der Waals surface area contributed by atoms with Gasteiger partial charge in [-0.1, -0.05) is 6.07 Å². The lowest BCUT2D eigenvalue weighted by molar-refractivity contribution is 0.383. The number of piperazine rings is 1. The second-order valence-electron chi connectivity index (χ2n) is 6.80. The summed E-state index contributed by atoms with van der Waals surface area (Å²) in [6, 6.07) is 7.28. The van der Waals surface area contributed by atoms with Crippen molar-refractivity contribution in [2.24, 2.45) is 0 Å². The molecule has 1 aromatic heterocycles. The predicted octanol–water partition coefficient (Wildman–Crippen LogP) is 1.67. The number of benzene rings is 1. The Bertz CT molecular complexity index is 890. The van der Waals surface area contributed by atoms with Gasteiger partial charge in [0.25, 0.3) is 0 Å². The quantitative estimate of drug-likeness (QED) is 0.810. The average molecular weight is 375 g/mol. The number of hydrogen-bond donors (Lipinski definition) is 0. The minimum atomic E-state index is -3.47. The molecule has 0 unspecified atom stereocenters. The molecule has 3 rings (SSSR count). The molecule has 1 saturated heterocycles. The van der Waals surface area contributed by atoms with Gasteiger partial charge in [0, 0.05) is 46.3 Å². The van der Waals surface area contributed by atoms with Crippen molar-refractivity contribution in [3.8, 4) is 0 Å². The van der Waals surface area contributed by atoms with Gasteiger partial charge in [-0.15, -0.1) is 5.10 Å². The number of sulfonamides is 1. The molecule has 0 spiro atoms. The van der Waals surface area contributed by atoms with Crippen LogP contribution in [0.2, 0.25) is 0 Å². The molecular formula is C18H25N5O2S. The van der Waals surface area contributed by atoms with Gasteiger partial charge in [-0.2, -0.15) is 9.40 Å². The van der Waals surface area contributed by atoms with Crippen LogP contribution in [0.3, 0.4) is 0 Å². The molecule has 0 amide bonds. The van der Waals surface area contributed by atoms with Crippen molar-refractivity contribution in [2.45, 2.75) is 18.7 Å². The maximum atomic E-state index is 12.9. The lowest BCUT2D eigenvalue weighted by atomic mass is 10.1. The van der Waals surface area contributed by atoms with Gasteiger partial charge in [0.1, 0.15) is 0 Å². The Morgan fingerprint density at radius 1 is 1.00 bits per heavy atom. The molecule has 2 aromatic rings. The number of aryl methyl sites for hydroxylation is 2. The molecule has 0 N–H and O–H groups in total. The molecule has 140 valence electrons. The first-order chi connectivity index (χ1) is 12.3. The van der Waals surface area contributed by atoms with E-state index in [1.54, 1.807) is 22.6 Å². The minimum absolute atomic E-state index is 0.364. The Labute approximate surface area is 155 Å². The van der Waals surface area contributed by atoms with Gasteiger partial charge in [-0.25, -0.2) is 8.42 Å². The number of hydrogen-bond acceptors (Lipinski definition) is 6. The van der Waals surface area contributed by atoms with Crippen LogP contribution in [0.4, 0.5) is 11.5 Å². The molecule has 2 heterocycles. The summed E-state index contributed by atoms with van der Waals surface area (Å²) >= 11 is 0. The second-order valence-corrected chi connectivity index (χ2v) is 8.74. The van der Waals surface area contributed by atoms with E-state index in [1.165, 1.54) is 0 Å². The molecule has 0 saturated carbocycles. The topological polar surface area (TPSA) is 69.6 Å². The van der Waals surface area contributed by atoms with Crippen LogP contribution in [0.25, 0.3) is 0 Å². The van der Waals surface area contributed by atoms with Crippen molar-refractivity contribution < 1.29 is 8.42 Å². The molecule has 0 bridgehead atoms. The van der Waals surface area contributed by atoms with Crippen molar-refractivity contribution in [3.05, 3.63) is 41.6 Å². The minimum Gasteiger partial charge on any atom is -0.376 e. The number of nitrogens with zero attached hydrogens (tertiary/aromatic N) is 5. The maximum Gasteiger partial charge on any atom is 0.243 e. The SMILES string of the molecule is Cc1ccc(S(=O)(=O)N2CCN(c3cc(N(C)C)cnn3)CC2)cc1C. The van der Waals surface area contributed by atoms with Crippen molar-refractivity contribution in [2.75, 3.05) is 50.1 Å². The van der Waals surface area contributed by atoms with Crippen LogP contribution in [0.5, 0.6) is 0 Å². The summed E-state index contributed by atoms with van der Waals surface area (Å²) in [5, 5.41) is 8.24. The van der Waals surface area contributed by atoms with Crippen LogP contribution < -0.4 is 9.80 Å². The van der Waals surface area contributed by atoms with E-state index in [0.717, 1.165) is 22.6 Å². The highest BCUT2D eigenvalue weighted by atomic mass is 32.2. The summed E-state index contributed by atoms with van der Waals surface area (Å²) in [7, 11) is 0.440. The zero-order chi connectivity index (χ0) is 18.9. The van der Waals surface area contributed by atoms with Gasteiger partial charge in [-0.3, -0.25) is 0 Å². The van der Waals surface area contributed by atoms with Gasteiger partial charge in [-0.05, 0) is 37.1 Å². The number of anilines is 2. The zero-order valence-corrected chi connectivity index (χ0v) is 16.5. The van der Waals surface area contributed by atoms with Crippen molar-refractivity contribution in [1.82, 2.24) is 14.5 Å². The van der Waals surface area contributed by atoms with Crippen LogP contribution in [0, 0.1) is 13.8 Å². The maximum absolute atomic E-state index is 12.9. The van der Waals surface area contributed by atoms with Crippen LogP contribution in [0.1, 0.15) is 11.1 Å². The average Bonchev–Trinajstić information content (AvgIpc) is 2.64. The first kappa shape index (κ1) is 18.6. The Morgan fingerprint density at radius 3 is 2.31 bits per heavy atom. The number of aromatic nitrogens is 2. The summed E-state index contributed by atoms with van der Waals surface area (Å²) < 4.78 is 27.4. The predicted molar refractivity (Wildman–Crippen MR) is 103 cm³/mol. The van der Waals surface area contributed by atoms with Crippen LogP contribution in [-0.4, -0.2) is 63.2 Å². The fraction of sp³-hybridized carbons (Fsp3) is 0.444. The molecule has 8 heteroatoms. The normalized spacial score (nSPS) is 15.9. The van der Waals surface area contributed by atoms with E-state index in [9.17, 15) is 8.42 Å². The van der Waals surface area contributed by atoms with E-state index >= 15 is 0 Å². The van der Waals surface area contributed by atoms with E-state index in [2.05, 4.69) is 15.1 Å². The van der Waals surface area contributed by atoms with Gasteiger partial charge in [0.15, 0.2) is 5.82 Å². The molecule has 0 radical (unpaired) electrons. The molecule has 1 aliphatic rings. The molecular weight excluding hydrogens is 350 g/mol. The molecule has 1 aromatic carbocycles.